The third-order valence-electron chi connectivity index (χ3n) is 8.53. The Morgan fingerprint density at radius 3 is 2.38 bits per heavy atom. The first-order chi connectivity index (χ1) is 17.4. The molecule has 0 amide bonds. The second-order valence-electron chi connectivity index (χ2n) is 10.7. The van der Waals surface area contributed by atoms with Crippen LogP contribution in [0.15, 0.2) is 23.0 Å². The molecule has 0 aliphatic carbocycles. The lowest BCUT2D eigenvalue weighted by atomic mass is 9.75. The summed E-state index contributed by atoms with van der Waals surface area (Å²) in [5, 5.41) is 0. The number of methoxy groups -OCH3 is 1. The molecule has 0 radical (unpaired) electrons. The first kappa shape index (κ1) is 26.2. The van der Waals surface area contributed by atoms with Crippen LogP contribution < -0.4 is 10.2 Å². The second-order valence-corrected chi connectivity index (χ2v) is 10.7. The average Bonchev–Trinajstić information content (AvgIpc) is 3.30. The molecule has 3 saturated heterocycles. The molecule has 2 unspecified atom stereocenters. The fourth-order valence-corrected chi connectivity index (χ4v) is 6.52. The zero-order valence-corrected chi connectivity index (χ0v) is 21.0. The van der Waals surface area contributed by atoms with Gasteiger partial charge in [-0.25, -0.2) is 4.39 Å². The number of pyridine rings is 1. The van der Waals surface area contributed by atoms with Gasteiger partial charge >= 0.3 is 6.18 Å². The Morgan fingerprint density at radius 2 is 1.78 bits per heavy atom. The van der Waals surface area contributed by atoms with Gasteiger partial charge in [-0.3, -0.25) is 4.79 Å². The van der Waals surface area contributed by atoms with Crippen molar-refractivity contribution in [3.05, 3.63) is 62.6 Å². The van der Waals surface area contributed by atoms with Crippen LogP contribution in [0.2, 0.25) is 0 Å². The number of aromatic amines is 1. The van der Waals surface area contributed by atoms with Crippen molar-refractivity contribution < 1.29 is 36.2 Å². The van der Waals surface area contributed by atoms with Crippen molar-refractivity contribution in [2.45, 2.75) is 88.4 Å². The Labute approximate surface area is 211 Å². The molecule has 0 saturated carbocycles. The van der Waals surface area contributed by atoms with Crippen molar-refractivity contribution >= 4 is 0 Å². The summed E-state index contributed by atoms with van der Waals surface area (Å²) in [4.78, 5) is 16.5. The van der Waals surface area contributed by atoms with Gasteiger partial charge in [-0.15, -0.1) is 0 Å². The number of rotatable bonds is 4. The number of hydrogen-bond acceptors (Lipinski definition) is 4. The van der Waals surface area contributed by atoms with Gasteiger partial charge in [-0.2, -0.15) is 17.6 Å². The molecule has 5 rings (SSSR count). The minimum absolute atomic E-state index is 0.0109. The largest absolute Gasteiger partial charge is 0.493 e. The number of ether oxygens (including phenoxy) is 3. The first-order valence-electron chi connectivity index (χ1n) is 12.5. The van der Waals surface area contributed by atoms with Gasteiger partial charge in [0.25, 0.3) is 0 Å². The molecule has 3 fully saturated rings. The molecule has 10 heteroatoms. The number of alkyl halides is 3. The summed E-state index contributed by atoms with van der Waals surface area (Å²) in [5.74, 6) is -5.48. The van der Waals surface area contributed by atoms with Crippen LogP contribution in [0.25, 0.3) is 0 Å². The predicted molar refractivity (Wildman–Crippen MR) is 125 cm³/mol. The van der Waals surface area contributed by atoms with Crippen LogP contribution in [-0.2, 0) is 9.47 Å². The number of H-pyrrole nitrogens is 1. The second kappa shape index (κ2) is 9.08. The van der Waals surface area contributed by atoms with Gasteiger partial charge in [-0.1, -0.05) is 13.0 Å². The number of nitrogens with one attached hydrogen (secondary N) is 1. The van der Waals surface area contributed by atoms with E-state index in [-0.39, 0.29) is 34.8 Å². The number of hydrogen-bond donors (Lipinski definition) is 1. The van der Waals surface area contributed by atoms with Gasteiger partial charge in [0.2, 0.25) is 5.82 Å². The summed E-state index contributed by atoms with van der Waals surface area (Å²) in [7, 11) is 1.14. The van der Waals surface area contributed by atoms with Crippen molar-refractivity contribution in [3.8, 4) is 5.75 Å². The number of benzene rings is 1. The van der Waals surface area contributed by atoms with E-state index in [1.165, 1.54) is 19.1 Å². The molecule has 4 heterocycles. The highest BCUT2D eigenvalue weighted by Gasteiger charge is 2.65. The molecule has 2 aromatic rings. The lowest BCUT2D eigenvalue weighted by Crippen LogP contribution is -2.46. The molecule has 7 atom stereocenters. The quantitative estimate of drug-likeness (QED) is 0.481. The molecule has 1 N–H and O–H groups in total. The van der Waals surface area contributed by atoms with Crippen molar-refractivity contribution in [1.29, 1.82) is 0 Å². The standard InChI is InChI=1S/C27H30F5NO4/c1-12-9-19(34)21(14-10-15-5-6-16(11-14)36-15)23(33-12)25-20(13(2)26(3,37-25)27(30,31)32)17-7-8-18(28)22(29)24(17)35-4/h7-9,13-16,20,25H,5-6,10-11H2,1-4H3,(H,33,34)/t13-,14?,15+,16?,20-,25+,26+/m0/s1. The van der Waals surface area contributed by atoms with E-state index < -0.39 is 47.1 Å². The Hall–Kier alpha value is -2.46. The highest BCUT2D eigenvalue weighted by atomic mass is 19.4. The third kappa shape index (κ3) is 4.16. The molecular weight excluding hydrogens is 497 g/mol. The number of aromatic nitrogens is 1. The van der Waals surface area contributed by atoms with Crippen LogP contribution in [0.1, 0.15) is 80.0 Å². The zero-order chi connectivity index (χ0) is 26.9. The summed E-state index contributed by atoms with van der Waals surface area (Å²) in [6, 6.07) is 3.54. The van der Waals surface area contributed by atoms with Crippen LogP contribution >= 0.6 is 0 Å². The van der Waals surface area contributed by atoms with Crippen molar-refractivity contribution in [2.75, 3.05) is 7.11 Å². The van der Waals surface area contributed by atoms with Gasteiger partial charge in [0.1, 0.15) is 6.10 Å². The topological polar surface area (TPSA) is 60.6 Å². The molecule has 3 aliphatic heterocycles. The molecular formula is C27H30F5NO4. The molecule has 3 aliphatic rings. The molecule has 0 spiro atoms. The van der Waals surface area contributed by atoms with Crippen LogP contribution in [0, 0.1) is 24.5 Å². The number of halogens is 5. The van der Waals surface area contributed by atoms with E-state index in [0.717, 1.165) is 32.9 Å². The third-order valence-corrected chi connectivity index (χ3v) is 8.53. The first-order valence-corrected chi connectivity index (χ1v) is 12.5. The Morgan fingerprint density at radius 1 is 1.14 bits per heavy atom. The van der Waals surface area contributed by atoms with Gasteiger partial charge in [0.15, 0.2) is 22.6 Å². The maximum Gasteiger partial charge on any atom is 0.417 e. The van der Waals surface area contributed by atoms with Gasteiger partial charge in [-0.05, 0) is 51.5 Å². The Kier molecular flexibility index (Phi) is 6.42. The van der Waals surface area contributed by atoms with E-state index in [1.807, 2.05) is 0 Å². The SMILES string of the molecule is COc1c([C@H]2[C@H](c3[nH]c(C)cc(=O)c3C3CC4CC[C@H](C3)O4)O[C@@](C)(C(F)(F)F)[C@H]2C)ccc(F)c1F. The molecule has 1 aromatic carbocycles. The van der Waals surface area contributed by atoms with Crippen molar-refractivity contribution in [2.24, 2.45) is 5.92 Å². The number of fused-ring (bicyclic) bond motifs is 2. The summed E-state index contributed by atoms with van der Waals surface area (Å²) in [6.45, 7) is 3.98. The van der Waals surface area contributed by atoms with Gasteiger partial charge in [0, 0.05) is 34.7 Å². The molecule has 1 aromatic heterocycles. The summed E-state index contributed by atoms with van der Waals surface area (Å²) < 4.78 is 89.1. The lowest BCUT2D eigenvalue weighted by Gasteiger charge is -2.32. The van der Waals surface area contributed by atoms with Gasteiger partial charge in [0.05, 0.1) is 25.0 Å². The molecule has 5 nitrogen and oxygen atoms in total. The Balaban J connectivity index is 1.71. The van der Waals surface area contributed by atoms with E-state index in [1.54, 1.807) is 6.92 Å². The monoisotopic (exact) mass is 527 g/mol. The normalized spacial score (nSPS) is 33.6. The van der Waals surface area contributed by atoms with E-state index in [0.29, 0.717) is 24.1 Å². The summed E-state index contributed by atoms with van der Waals surface area (Å²) in [6.07, 6.45) is -3.18. The maximum atomic E-state index is 14.8. The highest BCUT2D eigenvalue weighted by molar-refractivity contribution is 5.43. The van der Waals surface area contributed by atoms with Crippen LogP contribution in [0.3, 0.4) is 0 Å². The van der Waals surface area contributed by atoms with Crippen molar-refractivity contribution in [3.63, 3.8) is 0 Å². The minimum atomic E-state index is -4.77. The summed E-state index contributed by atoms with van der Waals surface area (Å²) in [5.41, 5.74) is -1.77. The predicted octanol–water partition coefficient (Wildman–Crippen LogP) is 6.21. The highest BCUT2D eigenvalue weighted by Crippen LogP contribution is 2.60. The fourth-order valence-electron chi connectivity index (χ4n) is 6.52. The van der Waals surface area contributed by atoms with Crippen LogP contribution in [0.5, 0.6) is 5.75 Å². The van der Waals surface area contributed by atoms with E-state index in [9.17, 15) is 26.7 Å². The average molecular weight is 528 g/mol. The van der Waals surface area contributed by atoms with E-state index in [2.05, 4.69) is 4.98 Å². The van der Waals surface area contributed by atoms with Crippen LogP contribution in [-0.4, -0.2) is 36.1 Å². The Bertz CT molecular complexity index is 1250. The minimum Gasteiger partial charge on any atom is -0.493 e. The number of aryl methyl sites for hydroxylation is 1. The van der Waals surface area contributed by atoms with Crippen LogP contribution in [0.4, 0.5) is 22.0 Å². The molecule has 2 bridgehead atoms. The maximum absolute atomic E-state index is 14.8. The molecule has 37 heavy (non-hydrogen) atoms. The molecule has 202 valence electrons. The van der Waals surface area contributed by atoms with E-state index in [4.69, 9.17) is 14.2 Å². The zero-order valence-electron chi connectivity index (χ0n) is 21.0. The lowest BCUT2D eigenvalue weighted by molar-refractivity contribution is -0.275. The van der Waals surface area contributed by atoms with Gasteiger partial charge < -0.3 is 19.2 Å². The summed E-state index contributed by atoms with van der Waals surface area (Å²) >= 11 is 0. The van der Waals surface area contributed by atoms with Crippen molar-refractivity contribution in [1.82, 2.24) is 4.98 Å². The smallest absolute Gasteiger partial charge is 0.417 e. The fraction of sp³-hybridized carbons (Fsp3) is 0.593. The van der Waals surface area contributed by atoms with E-state index >= 15 is 0 Å².